The highest BCUT2D eigenvalue weighted by Gasteiger charge is 2.53. The van der Waals surface area contributed by atoms with Crippen molar-refractivity contribution in [3.8, 4) is 0 Å². The van der Waals surface area contributed by atoms with Gasteiger partial charge >= 0.3 is 5.69 Å². The molecule has 1 aliphatic heterocycles. The first kappa shape index (κ1) is 15.0. The predicted molar refractivity (Wildman–Crippen MR) is 84.2 cm³/mol. The Labute approximate surface area is 126 Å². The summed E-state index contributed by atoms with van der Waals surface area (Å²) in [4.78, 5) is 25.5. The molecular weight excluding hydrogens is 303 g/mol. The van der Waals surface area contributed by atoms with Crippen molar-refractivity contribution in [2.75, 3.05) is 6.16 Å². The van der Waals surface area contributed by atoms with Gasteiger partial charge in [-0.3, -0.25) is 14.3 Å². The Morgan fingerprint density at radius 2 is 1.95 bits per heavy atom. The maximum Gasteiger partial charge on any atom is 0.329 e. The minimum atomic E-state index is -3.03. The molecule has 0 amide bonds. The van der Waals surface area contributed by atoms with Crippen LogP contribution in [0.1, 0.15) is 19.1 Å². The van der Waals surface area contributed by atoms with E-state index in [2.05, 4.69) is 4.98 Å². The molecule has 0 spiro atoms. The normalized spacial score (nSPS) is 31.3. The van der Waals surface area contributed by atoms with Crippen molar-refractivity contribution < 1.29 is 9.67 Å². The third-order valence-corrected chi connectivity index (χ3v) is 7.86. The Hall–Kier alpha value is -1.91. The van der Waals surface area contributed by atoms with E-state index in [0.717, 1.165) is 0 Å². The number of rotatable bonds is 2. The number of hydrogen-bond acceptors (Lipinski definition) is 4. The number of H-pyrrole nitrogens is 1. The Morgan fingerprint density at radius 1 is 1.27 bits per heavy atom. The first-order valence-electron chi connectivity index (χ1n) is 7.03. The van der Waals surface area contributed by atoms with Gasteiger partial charge in [0.05, 0.1) is 5.60 Å². The van der Waals surface area contributed by atoms with Gasteiger partial charge in [0.25, 0.3) is 5.56 Å². The second kappa shape index (κ2) is 5.07. The first-order chi connectivity index (χ1) is 10.3. The van der Waals surface area contributed by atoms with Crippen molar-refractivity contribution in [1.82, 2.24) is 9.55 Å². The summed E-state index contributed by atoms with van der Waals surface area (Å²) in [5, 5.41) is 11.3. The van der Waals surface area contributed by atoms with Gasteiger partial charge in [0.2, 0.25) is 0 Å². The van der Waals surface area contributed by atoms with Crippen LogP contribution in [0.5, 0.6) is 0 Å². The molecular formula is C15H17N2O4P. The average Bonchev–Trinajstić information content (AvgIpc) is 2.73. The van der Waals surface area contributed by atoms with E-state index in [4.69, 9.17) is 0 Å². The standard InChI is InChI=1S/C15H17N2O4P/c1-15(20)8-10-22(21,11-5-3-2-4-6-11)13(15)17-9-7-12(18)16-14(17)19/h2-7,9,13,20H,8,10H2,1H3,(H,16,18,19)/t13-,15-,22-/m1/s1. The molecule has 2 N–H and O–H groups in total. The van der Waals surface area contributed by atoms with Crippen LogP contribution in [0.2, 0.25) is 0 Å². The van der Waals surface area contributed by atoms with Gasteiger partial charge in [-0.05, 0) is 13.3 Å². The summed E-state index contributed by atoms with van der Waals surface area (Å²) in [6.45, 7) is 1.58. The fraction of sp³-hybridized carbons (Fsp3) is 0.333. The zero-order valence-corrected chi connectivity index (χ0v) is 13.0. The second-order valence-corrected chi connectivity index (χ2v) is 8.90. The van der Waals surface area contributed by atoms with Crippen molar-refractivity contribution in [2.45, 2.75) is 24.7 Å². The predicted octanol–water partition coefficient (Wildman–Crippen LogP) is 0.878. The summed E-state index contributed by atoms with van der Waals surface area (Å²) in [6.07, 6.45) is 1.96. The zero-order valence-electron chi connectivity index (χ0n) is 12.1. The van der Waals surface area contributed by atoms with Crippen LogP contribution in [0.3, 0.4) is 0 Å². The molecule has 2 heterocycles. The van der Waals surface area contributed by atoms with Gasteiger partial charge in [0.15, 0.2) is 0 Å². The van der Waals surface area contributed by atoms with Crippen LogP contribution in [0.15, 0.2) is 52.2 Å². The molecule has 0 bridgehead atoms. The van der Waals surface area contributed by atoms with Crippen molar-refractivity contribution >= 4 is 12.4 Å². The molecule has 1 aromatic carbocycles. The molecule has 6 nitrogen and oxygen atoms in total. The summed E-state index contributed by atoms with van der Waals surface area (Å²) in [5.74, 6) is -0.883. The van der Waals surface area contributed by atoms with Gasteiger partial charge in [0.1, 0.15) is 12.9 Å². The number of aliphatic hydroxyl groups is 1. The molecule has 0 aliphatic carbocycles. The lowest BCUT2D eigenvalue weighted by molar-refractivity contribution is 0.0399. The fourth-order valence-electron chi connectivity index (χ4n) is 3.16. The lowest BCUT2D eigenvalue weighted by atomic mass is 10.0. The fourth-order valence-corrected chi connectivity index (χ4v) is 7.02. The minimum absolute atomic E-state index is 0.320. The van der Waals surface area contributed by atoms with Crippen molar-refractivity contribution in [3.05, 3.63) is 63.4 Å². The summed E-state index contributed by atoms with van der Waals surface area (Å²) in [7, 11) is -3.03. The van der Waals surface area contributed by atoms with Crippen LogP contribution < -0.4 is 16.6 Å². The molecule has 1 saturated heterocycles. The van der Waals surface area contributed by atoms with E-state index in [1.54, 1.807) is 31.2 Å². The number of nitrogens with one attached hydrogen (secondary N) is 1. The highest BCUT2D eigenvalue weighted by atomic mass is 31.2. The molecule has 3 rings (SSSR count). The summed E-state index contributed by atoms with van der Waals surface area (Å²) < 4.78 is 14.8. The topological polar surface area (TPSA) is 92.2 Å². The van der Waals surface area contributed by atoms with Crippen LogP contribution in [-0.4, -0.2) is 26.4 Å². The Morgan fingerprint density at radius 3 is 2.59 bits per heavy atom. The lowest BCUT2D eigenvalue weighted by Gasteiger charge is -2.30. The van der Waals surface area contributed by atoms with Gasteiger partial charge in [-0.15, -0.1) is 0 Å². The zero-order chi connectivity index (χ0) is 16.0. The quantitative estimate of drug-likeness (QED) is 0.804. The van der Waals surface area contributed by atoms with Gasteiger partial charge in [-0.1, -0.05) is 30.3 Å². The van der Waals surface area contributed by atoms with Crippen molar-refractivity contribution in [1.29, 1.82) is 0 Å². The van der Waals surface area contributed by atoms with E-state index in [1.165, 1.54) is 16.8 Å². The summed E-state index contributed by atoms with van der Waals surface area (Å²) >= 11 is 0. The minimum Gasteiger partial charge on any atom is -0.387 e. The van der Waals surface area contributed by atoms with Gasteiger partial charge < -0.3 is 9.67 Å². The molecule has 0 unspecified atom stereocenters. The maximum atomic E-state index is 13.6. The first-order valence-corrected chi connectivity index (χ1v) is 8.99. The Kier molecular flexibility index (Phi) is 3.46. The van der Waals surface area contributed by atoms with Crippen LogP contribution in [-0.2, 0) is 4.57 Å². The van der Waals surface area contributed by atoms with E-state index < -0.39 is 29.8 Å². The lowest BCUT2D eigenvalue weighted by Crippen LogP contribution is -2.40. The summed E-state index contributed by atoms with van der Waals surface area (Å²) in [6, 6.07) is 10.1. The van der Waals surface area contributed by atoms with Crippen LogP contribution in [0.4, 0.5) is 0 Å². The molecule has 7 heteroatoms. The smallest absolute Gasteiger partial charge is 0.329 e. The number of benzene rings is 1. The van der Waals surface area contributed by atoms with E-state index >= 15 is 0 Å². The third kappa shape index (κ3) is 2.28. The van der Waals surface area contributed by atoms with Crippen molar-refractivity contribution in [2.24, 2.45) is 0 Å². The molecule has 0 saturated carbocycles. The molecule has 1 fully saturated rings. The second-order valence-electron chi connectivity index (χ2n) is 5.85. The molecule has 3 atom stereocenters. The van der Waals surface area contributed by atoms with Crippen LogP contribution in [0.25, 0.3) is 0 Å². The molecule has 116 valence electrons. The third-order valence-electron chi connectivity index (χ3n) is 4.21. The Bertz CT molecular complexity index is 854. The molecule has 22 heavy (non-hydrogen) atoms. The number of hydrogen-bond donors (Lipinski definition) is 2. The van der Waals surface area contributed by atoms with E-state index in [-0.39, 0.29) is 0 Å². The van der Waals surface area contributed by atoms with Gasteiger partial charge in [0, 0.05) is 23.7 Å². The monoisotopic (exact) mass is 320 g/mol. The van der Waals surface area contributed by atoms with Crippen molar-refractivity contribution in [3.63, 3.8) is 0 Å². The maximum absolute atomic E-state index is 13.6. The Balaban J connectivity index is 2.22. The largest absolute Gasteiger partial charge is 0.387 e. The number of aromatic amines is 1. The molecule has 0 radical (unpaired) electrons. The van der Waals surface area contributed by atoms with E-state index in [0.29, 0.717) is 17.9 Å². The summed E-state index contributed by atoms with van der Waals surface area (Å²) in [5.41, 5.74) is -2.46. The average molecular weight is 320 g/mol. The molecule has 1 aromatic heterocycles. The van der Waals surface area contributed by atoms with E-state index in [9.17, 15) is 19.3 Å². The molecule has 1 aliphatic rings. The van der Waals surface area contributed by atoms with Crippen LogP contribution >= 0.6 is 7.14 Å². The van der Waals surface area contributed by atoms with Gasteiger partial charge in [-0.2, -0.15) is 0 Å². The number of aromatic nitrogens is 2. The highest BCUT2D eigenvalue weighted by molar-refractivity contribution is 7.72. The molecule has 2 aromatic rings. The SMILES string of the molecule is C[C@@]1(O)CC[P@@](=O)(c2ccccc2)[C@H]1n1ccc(=O)[nH]c1=O. The van der Waals surface area contributed by atoms with Gasteiger partial charge in [-0.25, -0.2) is 4.79 Å². The highest BCUT2D eigenvalue weighted by Crippen LogP contribution is 2.66. The number of nitrogens with zero attached hydrogens (tertiary/aromatic N) is 1. The van der Waals surface area contributed by atoms with E-state index in [1.807, 2.05) is 6.07 Å². The van der Waals surface area contributed by atoms with Crippen LogP contribution in [0, 0.1) is 0 Å².